The van der Waals surface area contributed by atoms with E-state index >= 15 is 0 Å². The molecule has 1 amide bonds. The van der Waals surface area contributed by atoms with Crippen molar-refractivity contribution in [3.63, 3.8) is 0 Å². The Labute approximate surface area is 182 Å². The summed E-state index contributed by atoms with van der Waals surface area (Å²) >= 11 is 0. The van der Waals surface area contributed by atoms with Crippen molar-refractivity contribution in [2.24, 2.45) is 10.9 Å². The van der Waals surface area contributed by atoms with E-state index in [-0.39, 0.29) is 29.9 Å². The lowest BCUT2D eigenvalue weighted by Crippen LogP contribution is -2.45. The number of carbonyl (C=O) groups excluding carboxylic acids is 1. The molecule has 0 atom stereocenters. The molecule has 1 aliphatic heterocycles. The number of nitrogens with one attached hydrogen (secondary N) is 2. The van der Waals surface area contributed by atoms with Crippen LogP contribution in [0.1, 0.15) is 24.8 Å². The molecule has 0 saturated carbocycles. The second-order valence-electron chi connectivity index (χ2n) is 6.71. The molecule has 8 nitrogen and oxygen atoms in total. The normalized spacial score (nSPS) is 15.1. The van der Waals surface area contributed by atoms with E-state index in [1.165, 1.54) is 11.9 Å². The third-order valence-corrected chi connectivity index (χ3v) is 4.95. The molecule has 0 bridgehead atoms. The molecule has 0 spiro atoms. The fraction of sp³-hybridized carbons (Fsp3) is 0.474. The highest BCUT2D eigenvalue weighted by Crippen LogP contribution is 2.20. The van der Waals surface area contributed by atoms with Gasteiger partial charge in [-0.1, -0.05) is 12.1 Å². The van der Waals surface area contributed by atoms with Crippen LogP contribution in [-0.4, -0.2) is 58.7 Å². The summed E-state index contributed by atoms with van der Waals surface area (Å²) in [5.74, 6) is 1.50. The van der Waals surface area contributed by atoms with Gasteiger partial charge in [0.05, 0.1) is 5.69 Å². The van der Waals surface area contributed by atoms with Crippen LogP contribution < -0.4 is 10.6 Å². The van der Waals surface area contributed by atoms with E-state index in [2.05, 4.69) is 42.7 Å². The Balaban J connectivity index is 0.00000280. The standard InChI is InChI=1S/C19H27N7O.HI/c1-20-18(27)11-15-7-9-25(10-8-15)19(21-2)23-12-16-3-5-17(6-4-16)26-14-22-13-24-26;/h3-6,13-15H,7-12H2,1-2H3,(H,20,27)(H,21,23);1H. The lowest BCUT2D eigenvalue weighted by molar-refractivity contribution is -0.121. The van der Waals surface area contributed by atoms with Crippen molar-refractivity contribution in [1.29, 1.82) is 0 Å². The second kappa shape index (κ2) is 11.0. The minimum atomic E-state index is 0. The smallest absolute Gasteiger partial charge is 0.220 e. The molecule has 1 saturated heterocycles. The quantitative estimate of drug-likeness (QED) is 0.374. The lowest BCUT2D eigenvalue weighted by Gasteiger charge is -2.34. The van der Waals surface area contributed by atoms with Gasteiger partial charge in [-0.25, -0.2) is 9.67 Å². The summed E-state index contributed by atoms with van der Waals surface area (Å²) in [5.41, 5.74) is 2.16. The maximum Gasteiger partial charge on any atom is 0.220 e. The molecule has 3 rings (SSSR count). The lowest BCUT2D eigenvalue weighted by atomic mass is 9.93. The summed E-state index contributed by atoms with van der Waals surface area (Å²) in [6.07, 6.45) is 5.86. The first kappa shape index (κ1) is 22.1. The largest absolute Gasteiger partial charge is 0.359 e. The zero-order valence-electron chi connectivity index (χ0n) is 16.3. The van der Waals surface area contributed by atoms with Crippen molar-refractivity contribution in [3.8, 4) is 5.69 Å². The summed E-state index contributed by atoms with van der Waals surface area (Å²) in [5, 5.41) is 10.3. The van der Waals surface area contributed by atoms with Crippen LogP contribution in [0, 0.1) is 5.92 Å². The van der Waals surface area contributed by atoms with Crippen LogP contribution in [0.4, 0.5) is 0 Å². The molecule has 0 aliphatic carbocycles. The van der Waals surface area contributed by atoms with Crippen LogP contribution in [-0.2, 0) is 11.3 Å². The van der Waals surface area contributed by atoms with Gasteiger partial charge in [0.15, 0.2) is 5.96 Å². The Morgan fingerprint density at radius 3 is 2.54 bits per heavy atom. The number of piperidine rings is 1. The van der Waals surface area contributed by atoms with Gasteiger partial charge in [-0.15, -0.1) is 24.0 Å². The number of guanidine groups is 1. The van der Waals surface area contributed by atoms with Crippen molar-refractivity contribution in [2.45, 2.75) is 25.8 Å². The molecule has 1 fully saturated rings. The molecule has 2 N–H and O–H groups in total. The fourth-order valence-corrected chi connectivity index (χ4v) is 3.33. The van der Waals surface area contributed by atoms with E-state index in [1.807, 2.05) is 19.2 Å². The van der Waals surface area contributed by atoms with E-state index in [0.717, 1.165) is 37.6 Å². The molecule has 28 heavy (non-hydrogen) atoms. The Morgan fingerprint density at radius 2 is 1.96 bits per heavy atom. The van der Waals surface area contributed by atoms with Gasteiger partial charge < -0.3 is 15.5 Å². The summed E-state index contributed by atoms with van der Waals surface area (Å²) in [4.78, 5) is 22.2. The van der Waals surface area contributed by atoms with Gasteiger partial charge in [0.1, 0.15) is 12.7 Å². The van der Waals surface area contributed by atoms with Crippen molar-refractivity contribution in [3.05, 3.63) is 42.5 Å². The number of aliphatic imine (C=N–C) groups is 1. The van der Waals surface area contributed by atoms with Crippen LogP contribution in [0.15, 0.2) is 41.9 Å². The number of carbonyl (C=O) groups is 1. The molecule has 9 heteroatoms. The van der Waals surface area contributed by atoms with Crippen LogP contribution in [0.3, 0.4) is 0 Å². The van der Waals surface area contributed by atoms with Crippen LogP contribution in [0.2, 0.25) is 0 Å². The highest BCUT2D eigenvalue weighted by atomic mass is 127. The van der Waals surface area contributed by atoms with E-state index in [4.69, 9.17) is 0 Å². The van der Waals surface area contributed by atoms with Crippen LogP contribution in [0.5, 0.6) is 0 Å². The summed E-state index contributed by atoms with van der Waals surface area (Å²) in [7, 11) is 3.51. The zero-order chi connectivity index (χ0) is 19.1. The van der Waals surface area contributed by atoms with Crippen LogP contribution >= 0.6 is 24.0 Å². The number of hydrogen-bond donors (Lipinski definition) is 2. The Bertz CT molecular complexity index is 753. The van der Waals surface area contributed by atoms with Crippen molar-refractivity contribution in [1.82, 2.24) is 30.3 Å². The first-order valence-corrected chi connectivity index (χ1v) is 9.29. The molecule has 2 heterocycles. The van der Waals surface area contributed by atoms with Crippen molar-refractivity contribution in [2.75, 3.05) is 27.2 Å². The predicted octanol–water partition coefficient (Wildman–Crippen LogP) is 1.81. The number of benzene rings is 1. The number of halogens is 1. The average Bonchev–Trinajstić information content (AvgIpc) is 3.25. The number of nitrogens with zero attached hydrogens (tertiary/aromatic N) is 5. The van der Waals surface area contributed by atoms with Gasteiger partial charge in [0.25, 0.3) is 0 Å². The summed E-state index contributed by atoms with van der Waals surface area (Å²) in [6.45, 7) is 2.56. The number of likely N-dealkylation sites (tertiary alicyclic amines) is 1. The number of rotatable bonds is 5. The van der Waals surface area contributed by atoms with Gasteiger partial charge >= 0.3 is 0 Å². The molecule has 152 valence electrons. The topological polar surface area (TPSA) is 87.4 Å². The molecule has 1 aromatic carbocycles. The van der Waals surface area contributed by atoms with Gasteiger partial charge in [-0.2, -0.15) is 5.10 Å². The molecule has 0 unspecified atom stereocenters. The maximum absolute atomic E-state index is 11.5. The second-order valence-corrected chi connectivity index (χ2v) is 6.71. The van der Waals surface area contributed by atoms with Crippen LogP contribution in [0.25, 0.3) is 5.69 Å². The third-order valence-electron chi connectivity index (χ3n) is 4.95. The fourth-order valence-electron chi connectivity index (χ4n) is 3.33. The van der Waals surface area contributed by atoms with Crippen molar-refractivity contribution < 1.29 is 4.79 Å². The highest BCUT2D eigenvalue weighted by Gasteiger charge is 2.22. The molecular formula is C19H28IN7O. The monoisotopic (exact) mass is 497 g/mol. The zero-order valence-corrected chi connectivity index (χ0v) is 18.7. The first-order chi connectivity index (χ1) is 13.2. The van der Waals surface area contributed by atoms with E-state index in [9.17, 15) is 4.79 Å². The predicted molar refractivity (Wildman–Crippen MR) is 120 cm³/mol. The molecule has 2 aromatic rings. The van der Waals surface area contributed by atoms with Gasteiger partial charge in [-0.05, 0) is 36.5 Å². The molecule has 0 radical (unpaired) electrons. The van der Waals surface area contributed by atoms with Gasteiger partial charge in [0.2, 0.25) is 5.91 Å². The Kier molecular flexibility index (Phi) is 8.68. The Hall–Kier alpha value is -2.17. The van der Waals surface area contributed by atoms with Gasteiger partial charge in [0, 0.05) is 40.2 Å². The summed E-state index contributed by atoms with van der Waals surface area (Å²) in [6, 6.07) is 8.21. The SMILES string of the molecule is CN=C(NCc1ccc(-n2cncn2)cc1)N1CCC(CC(=O)NC)CC1.I. The number of aromatic nitrogens is 3. The molecule has 1 aliphatic rings. The minimum absolute atomic E-state index is 0. The highest BCUT2D eigenvalue weighted by molar-refractivity contribution is 14.0. The van der Waals surface area contributed by atoms with E-state index in [1.54, 1.807) is 18.1 Å². The Morgan fingerprint density at radius 1 is 1.25 bits per heavy atom. The molecular weight excluding hydrogens is 469 g/mol. The molecule has 1 aromatic heterocycles. The van der Waals surface area contributed by atoms with E-state index < -0.39 is 0 Å². The number of hydrogen-bond acceptors (Lipinski definition) is 4. The van der Waals surface area contributed by atoms with E-state index in [0.29, 0.717) is 18.9 Å². The number of amides is 1. The van der Waals surface area contributed by atoms with Gasteiger partial charge in [-0.3, -0.25) is 9.79 Å². The summed E-state index contributed by atoms with van der Waals surface area (Å²) < 4.78 is 1.74. The minimum Gasteiger partial charge on any atom is -0.359 e. The average molecular weight is 497 g/mol. The van der Waals surface area contributed by atoms with Crippen molar-refractivity contribution >= 4 is 35.8 Å². The maximum atomic E-state index is 11.5. The first-order valence-electron chi connectivity index (χ1n) is 9.29. The third kappa shape index (κ3) is 5.91.